The van der Waals surface area contributed by atoms with Crippen molar-refractivity contribution in [1.82, 2.24) is 10.2 Å². The van der Waals surface area contributed by atoms with Crippen LogP contribution in [0.3, 0.4) is 0 Å². The second kappa shape index (κ2) is 11.4. The summed E-state index contributed by atoms with van der Waals surface area (Å²) in [7, 11) is 1.59. The minimum absolute atomic E-state index is 0.138. The first kappa shape index (κ1) is 24.3. The maximum Gasteiger partial charge on any atom is 0.261 e. The van der Waals surface area contributed by atoms with Crippen molar-refractivity contribution < 1.29 is 19.1 Å². The van der Waals surface area contributed by atoms with Crippen LogP contribution in [0.5, 0.6) is 11.5 Å². The van der Waals surface area contributed by atoms with Gasteiger partial charge >= 0.3 is 0 Å². The molecule has 0 aromatic heterocycles. The number of rotatable bonds is 10. The van der Waals surface area contributed by atoms with Crippen molar-refractivity contribution in [3.63, 3.8) is 0 Å². The predicted molar refractivity (Wildman–Crippen MR) is 122 cm³/mol. The molecule has 31 heavy (non-hydrogen) atoms. The molecule has 1 atom stereocenters. The summed E-state index contributed by atoms with van der Waals surface area (Å²) in [4.78, 5) is 27.7. The summed E-state index contributed by atoms with van der Waals surface area (Å²) in [5, 5.41) is 3.00. The number of hydrogen-bond acceptors (Lipinski definition) is 4. The molecule has 6 nitrogen and oxygen atoms in total. The van der Waals surface area contributed by atoms with E-state index in [0.717, 1.165) is 5.56 Å². The van der Waals surface area contributed by atoms with Crippen molar-refractivity contribution in [1.29, 1.82) is 0 Å². The van der Waals surface area contributed by atoms with Gasteiger partial charge in [-0.1, -0.05) is 37.3 Å². The van der Waals surface area contributed by atoms with Gasteiger partial charge in [-0.25, -0.2) is 0 Å². The molecule has 0 fully saturated rings. The third-order valence-electron chi connectivity index (χ3n) is 4.79. The Morgan fingerprint density at radius 1 is 1.00 bits per heavy atom. The molecule has 168 valence electrons. The van der Waals surface area contributed by atoms with E-state index < -0.39 is 6.04 Å². The Morgan fingerprint density at radius 3 is 2.16 bits per heavy atom. The van der Waals surface area contributed by atoms with Crippen LogP contribution in [0.25, 0.3) is 0 Å². The molecule has 0 heterocycles. The normalized spacial score (nSPS) is 12.0. The smallest absolute Gasteiger partial charge is 0.261 e. The van der Waals surface area contributed by atoms with Gasteiger partial charge in [-0.15, -0.1) is 0 Å². The van der Waals surface area contributed by atoms with Crippen LogP contribution in [0.2, 0.25) is 0 Å². The van der Waals surface area contributed by atoms with E-state index in [-0.39, 0.29) is 24.0 Å². The molecule has 0 aliphatic rings. The lowest BCUT2D eigenvalue weighted by molar-refractivity contribution is -0.142. The van der Waals surface area contributed by atoms with Crippen LogP contribution in [-0.4, -0.2) is 48.6 Å². The molecule has 2 amide bonds. The molecule has 0 spiro atoms. The van der Waals surface area contributed by atoms with Gasteiger partial charge in [0.25, 0.3) is 5.91 Å². The van der Waals surface area contributed by atoms with Gasteiger partial charge in [0.2, 0.25) is 5.91 Å². The largest absolute Gasteiger partial charge is 0.497 e. The third kappa shape index (κ3) is 7.96. The second-order valence-electron chi connectivity index (χ2n) is 8.45. The quantitative estimate of drug-likeness (QED) is 0.627. The zero-order chi connectivity index (χ0) is 22.9. The van der Waals surface area contributed by atoms with Crippen LogP contribution >= 0.6 is 0 Å². The Labute approximate surface area is 185 Å². The highest BCUT2D eigenvalue weighted by atomic mass is 16.5. The zero-order valence-electron chi connectivity index (χ0n) is 19.2. The van der Waals surface area contributed by atoms with E-state index >= 15 is 0 Å². The Balaban J connectivity index is 2.13. The maximum atomic E-state index is 13.1. The summed E-state index contributed by atoms with van der Waals surface area (Å²) < 4.78 is 10.8. The van der Waals surface area contributed by atoms with Crippen molar-refractivity contribution in [2.24, 2.45) is 0 Å². The van der Waals surface area contributed by atoms with Crippen LogP contribution in [-0.2, 0) is 16.0 Å². The van der Waals surface area contributed by atoms with E-state index in [1.807, 2.05) is 58.0 Å². The molecule has 0 aliphatic heterocycles. The summed E-state index contributed by atoms with van der Waals surface area (Å²) in [6.45, 7) is 8.01. The molecule has 0 bridgehead atoms. The lowest BCUT2D eigenvalue weighted by Crippen LogP contribution is -2.54. The second-order valence-corrected chi connectivity index (χ2v) is 8.45. The first-order valence-corrected chi connectivity index (χ1v) is 10.7. The van der Waals surface area contributed by atoms with Crippen molar-refractivity contribution in [3.05, 3.63) is 60.2 Å². The first-order valence-electron chi connectivity index (χ1n) is 10.7. The van der Waals surface area contributed by atoms with Crippen molar-refractivity contribution in [2.75, 3.05) is 20.3 Å². The first-order chi connectivity index (χ1) is 14.7. The minimum Gasteiger partial charge on any atom is -0.497 e. The van der Waals surface area contributed by atoms with Crippen LogP contribution in [0.1, 0.15) is 39.7 Å². The van der Waals surface area contributed by atoms with Gasteiger partial charge in [-0.2, -0.15) is 0 Å². The minimum atomic E-state index is -0.560. The van der Waals surface area contributed by atoms with Crippen LogP contribution in [0.4, 0.5) is 0 Å². The number of carbonyl (C=O) groups is 2. The van der Waals surface area contributed by atoms with Gasteiger partial charge in [-0.05, 0) is 63.4 Å². The molecule has 0 radical (unpaired) electrons. The van der Waals surface area contributed by atoms with Gasteiger partial charge < -0.3 is 19.7 Å². The molecule has 2 aromatic rings. The van der Waals surface area contributed by atoms with Gasteiger partial charge in [0.15, 0.2) is 6.61 Å². The molecule has 1 N–H and O–H groups in total. The standard InChI is InChI=1S/C25H34N2O4/c1-6-22(24(29)26-25(2,3)4)27(17-16-19-10-8-7-9-11-19)23(28)18-31-21-14-12-20(30-5)13-15-21/h7-15,22H,6,16-18H2,1-5H3,(H,26,29). The van der Waals surface area contributed by atoms with Crippen LogP contribution in [0.15, 0.2) is 54.6 Å². The van der Waals surface area contributed by atoms with E-state index in [9.17, 15) is 9.59 Å². The van der Waals surface area contributed by atoms with Gasteiger partial charge in [0.05, 0.1) is 7.11 Å². The molecule has 0 saturated carbocycles. The van der Waals surface area contributed by atoms with E-state index in [4.69, 9.17) is 9.47 Å². The van der Waals surface area contributed by atoms with E-state index in [0.29, 0.717) is 30.9 Å². The predicted octanol–water partition coefficient (Wildman–Crippen LogP) is 3.84. The topological polar surface area (TPSA) is 67.9 Å². The highest BCUT2D eigenvalue weighted by Crippen LogP contribution is 2.18. The fraction of sp³-hybridized carbons (Fsp3) is 0.440. The van der Waals surface area contributed by atoms with Crippen molar-refractivity contribution in [2.45, 2.75) is 52.1 Å². The van der Waals surface area contributed by atoms with E-state index in [1.54, 1.807) is 36.3 Å². The number of hydrogen-bond donors (Lipinski definition) is 1. The lowest BCUT2D eigenvalue weighted by Gasteiger charge is -2.33. The van der Waals surface area contributed by atoms with E-state index in [2.05, 4.69) is 5.32 Å². The number of amides is 2. The van der Waals surface area contributed by atoms with Gasteiger partial charge in [0.1, 0.15) is 17.5 Å². The Morgan fingerprint density at radius 2 is 1.61 bits per heavy atom. The highest BCUT2D eigenvalue weighted by Gasteiger charge is 2.30. The number of methoxy groups -OCH3 is 1. The molecular weight excluding hydrogens is 392 g/mol. The average molecular weight is 427 g/mol. The molecule has 2 aromatic carbocycles. The summed E-state index contributed by atoms with van der Waals surface area (Å²) in [6, 6.07) is 16.4. The summed E-state index contributed by atoms with van der Waals surface area (Å²) >= 11 is 0. The highest BCUT2D eigenvalue weighted by molar-refractivity contribution is 5.88. The molecule has 1 unspecified atom stereocenters. The Kier molecular flexibility index (Phi) is 8.91. The number of nitrogens with zero attached hydrogens (tertiary/aromatic N) is 1. The van der Waals surface area contributed by atoms with Gasteiger partial charge in [0, 0.05) is 12.1 Å². The SMILES string of the molecule is CCC(C(=O)NC(C)(C)C)N(CCc1ccccc1)C(=O)COc1ccc(OC)cc1. The molecule has 2 rings (SSSR count). The molecular formula is C25H34N2O4. The number of carbonyl (C=O) groups excluding carboxylic acids is 2. The Bertz CT molecular complexity index is 829. The van der Waals surface area contributed by atoms with Crippen LogP contribution in [0, 0.1) is 0 Å². The fourth-order valence-electron chi connectivity index (χ4n) is 3.25. The molecule has 6 heteroatoms. The number of benzene rings is 2. The summed E-state index contributed by atoms with van der Waals surface area (Å²) in [6.07, 6.45) is 1.18. The fourth-order valence-corrected chi connectivity index (χ4v) is 3.25. The summed E-state index contributed by atoms with van der Waals surface area (Å²) in [5.41, 5.74) is 0.737. The third-order valence-corrected chi connectivity index (χ3v) is 4.79. The lowest BCUT2D eigenvalue weighted by atomic mass is 10.1. The monoisotopic (exact) mass is 426 g/mol. The zero-order valence-corrected chi connectivity index (χ0v) is 19.2. The number of ether oxygens (including phenoxy) is 2. The molecule has 0 saturated heterocycles. The van der Waals surface area contributed by atoms with Crippen molar-refractivity contribution >= 4 is 11.8 Å². The van der Waals surface area contributed by atoms with Crippen molar-refractivity contribution in [3.8, 4) is 11.5 Å². The molecule has 0 aliphatic carbocycles. The van der Waals surface area contributed by atoms with Gasteiger partial charge in [-0.3, -0.25) is 9.59 Å². The number of nitrogens with one attached hydrogen (secondary N) is 1. The Hall–Kier alpha value is -3.02. The average Bonchev–Trinajstić information content (AvgIpc) is 2.74. The van der Waals surface area contributed by atoms with E-state index in [1.165, 1.54) is 0 Å². The summed E-state index contributed by atoms with van der Waals surface area (Å²) in [5.74, 6) is 0.918. The van der Waals surface area contributed by atoms with Crippen LogP contribution < -0.4 is 14.8 Å². The maximum absolute atomic E-state index is 13.1.